The SMILES string of the molecule is COc1ccc(C2CCN=C3C=NC=CN32)cc1. The highest BCUT2D eigenvalue weighted by molar-refractivity contribution is 6.30. The topological polar surface area (TPSA) is 37.2 Å². The number of fused-ring (bicyclic) bond motifs is 1. The molecule has 2 heterocycles. The number of rotatable bonds is 2. The van der Waals surface area contributed by atoms with Crippen LogP contribution < -0.4 is 4.74 Å². The molecule has 0 spiro atoms. The van der Waals surface area contributed by atoms with Crippen LogP contribution in [-0.4, -0.2) is 30.6 Å². The number of benzene rings is 1. The van der Waals surface area contributed by atoms with Gasteiger partial charge < -0.3 is 9.64 Å². The highest BCUT2D eigenvalue weighted by atomic mass is 16.5. The Kier molecular flexibility index (Phi) is 2.84. The molecular formula is C14H15N3O. The molecule has 0 amide bonds. The third-order valence-corrected chi connectivity index (χ3v) is 3.28. The van der Waals surface area contributed by atoms with Crippen LogP contribution in [-0.2, 0) is 0 Å². The van der Waals surface area contributed by atoms with Gasteiger partial charge in [0, 0.05) is 18.9 Å². The molecular weight excluding hydrogens is 226 g/mol. The third kappa shape index (κ3) is 1.90. The molecule has 4 nitrogen and oxygen atoms in total. The first-order valence-corrected chi connectivity index (χ1v) is 6.05. The molecule has 2 aliphatic rings. The Hall–Kier alpha value is -2.10. The van der Waals surface area contributed by atoms with Gasteiger partial charge in [0.2, 0.25) is 0 Å². The normalized spacial score (nSPS) is 21.5. The maximum atomic E-state index is 5.19. The monoisotopic (exact) mass is 241 g/mol. The summed E-state index contributed by atoms with van der Waals surface area (Å²) in [6.07, 6.45) is 6.64. The smallest absolute Gasteiger partial charge is 0.146 e. The van der Waals surface area contributed by atoms with Crippen LogP contribution in [0.3, 0.4) is 0 Å². The molecule has 1 aromatic carbocycles. The van der Waals surface area contributed by atoms with E-state index in [0.717, 1.165) is 24.6 Å². The minimum Gasteiger partial charge on any atom is -0.497 e. The lowest BCUT2D eigenvalue weighted by atomic mass is 10.0. The van der Waals surface area contributed by atoms with E-state index in [4.69, 9.17) is 4.74 Å². The fourth-order valence-electron chi connectivity index (χ4n) is 2.34. The van der Waals surface area contributed by atoms with Crippen molar-refractivity contribution in [2.24, 2.45) is 9.98 Å². The molecule has 4 heteroatoms. The molecule has 1 unspecified atom stereocenters. The van der Waals surface area contributed by atoms with Gasteiger partial charge in [0.25, 0.3) is 0 Å². The molecule has 0 radical (unpaired) electrons. The predicted octanol–water partition coefficient (Wildman–Crippen LogP) is 2.40. The third-order valence-electron chi connectivity index (χ3n) is 3.28. The van der Waals surface area contributed by atoms with Gasteiger partial charge in [0.1, 0.15) is 11.6 Å². The Morgan fingerprint density at radius 1 is 1.28 bits per heavy atom. The maximum Gasteiger partial charge on any atom is 0.146 e. The van der Waals surface area contributed by atoms with E-state index in [1.54, 1.807) is 13.3 Å². The number of hydrogen-bond acceptors (Lipinski definition) is 4. The average molecular weight is 241 g/mol. The first kappa shape index (κ1) is 11.0. The second-order valence-corrected chi connectivity index (χ2v) is 4.30. The van der Waals surface area contributed by atoms with Crippen molar-refractivity contribution in [3.05, 3.63) is 42.2 Å². The minimum atomic E-state index is 0.339. The molecule has 3 rings (SSSR count). The van der Waals surface area contributed by atoms with Crippen LogP contribution in [0.1, 0.15) is 18.0 Å². The Labute approximate surface area is 106 Å². The largest absolute Gasteiger partial charge is 0.497 e. The Morgan fingerprint density at radius 2 is 2.11 bits per heavy atom. The van der Waals surface area contributed by atoms with E-state index in [1.807, 2.05) is 24.5 Å². The fraction of sp³-hybridized carbons (Fsp3) is 0.286. The summed E-state index contributed by atoms with van der Waals surface area (Å²) in [5.41, 5.74) is 1.28. The number of ether oxygens (including phenoxy) is 1. The number of methoxy groups -OCH3 is 1. The number of hydrogen-bond donors (Lipinski definition) is 0. The zero-order valence-electron chi connectivity index (χ0n) is 10.3. The number of aliphatic imine (C=N–C) groups is 2. The fourth-order valence-corrected chi connectivity index (χ4v) is 2.34. The van der Waals surface area contributed by atoms with Gasteiger partial charge in [0.15, 0.2) is 0 Å². The van der Waals surface area contributed by atoms with Gasteiger partial charge >= 0.3 is 0 Å². The average Bonchev–Trinajstić information content (AvgIpc) is 2.47. The lowest BCUT2D eigenvalue weighted by Gasteiger charge is -2.34. The van der Waals surface area contributed by atoms with E-state index >= 15 is 0 Å². The Bertz CT molecular complexity index is 516. The van der Waals surface area contributed by atoms with Crippen LogP contribution in [0.25, 0.3) is 0 Å². The molecule has 0 fully saturated rings. The van der Waals surface area contributed by atoms with Crippen LogP contribution in [0.15, 0.2) is 46.7 Å². The van der Waals surface area contributed by atoms with E-state index in [1.165, 1.54) is 5.56 Å². The van der Waals surface area contributed by atoms with E-state index in [2.05, 4.69) is 27.0 Å². The van der Waals surface area contributed by atoms with Crippen LogP contribution >= 0.6 is 0 Å². The summed E-state index contributed by atoms with van der Waals surface area (Å²) in [6.45, 7) is 0.850. The van der Waals surface area contributed by atoms with Crippen LogP contribution in [0.5, 0.6) is 5.75 Å². The van der Waals surface area contributed by atoms with E-state index < -0.39 is 0 Å². The Morgan fingerprint density at radius 3 is 2.89 bits per heavy atom. The van der Waals surface area contributed by atoms with Gasteiger partial charge in [-0.15, -0.1) is 0 Å². The van der Waals surface area contributed by atoms with Crippen LogP contribution in [0.2, 0.25) is 0 Å². The highest BCUT2D eigenvalue weighted by Gasteiger charge is 2.25. The van der Waals surface area contributed by atoms with Gasteiger partial charge in [-0.25, -0.2) is 0 Å². The molecule has 2 aliphatic heterocycles. The van der Waals surface area contributed by atoms with Crippen LogP contribution in [0, 0.1) is 0 Å². The minimum absolute atomic E-state index is 0.339. The van der Waals surface area contributed by atoms with Crippen LogP contribution in [0.4, 0.5) is 0 Å². The van der Waals surface area contributed by atoms with Gasteiger partial charge in [-0.05, 0) is 24.1 Å². The second-order valence-electron chi connectivity index (χ2n) is 4.30. The van der Waals surface area contributed by atoms with Gasteiger partial charge in [-0.3, -0.25) is 9.98 Å². The first-order chi connectivity index (χ1) is 8.88. The standard InChI is InChI=1S/C14H15N3O/c1-18-12-4-2-11(3-5-12)13-6-7-16-14-10-15-8-9-17(13)14/h2-5,8-10,13H,6-7H2,1H3. The second kappa shape index (κ2) is 4.64. The van der Waals surface area contributed by atoms with Crippen molar-refractivity contribution in [1.82, 2.24) is 4.90 Å². The number of amidine groups is 1. The summed E-state index contributed by atoms with van der Waals surface area (Å²) in [5, 5.41) is 0. The molecule has 0 saturated carbocycles. The zero-order chi connectivity index (χ0) is 12.4. The lowest BCUT2D eigenvalue weighted by Crippen LogP contribution is -2.36. The van der Waals surface area contributed by atoms with Crippen molar-refractivity contribution in [2.75, 3.05) is 13.7 Å². The van der Waals surface area contributed by atoms with Crippen molar-refractivity contribution >= 4 is 12.1 Å². The van der Waals surface area contributed by atoms with E-state index in [0.29, 0.717) is 6.04 Å². The molecule has 0 saturated heterocycles. The molecule has 18 heavy (non-hydrogen) atoms. The predicted molar refractivity (Wildman–Crippen MR) is 72.1 cm³/mol. The van der Waals surface area contributed by atoms with Crippen molar-refractivity contribution in [2.45, 2.75) is 12.5 Å². The van der Waals surface area contributed by atoms with E-state index in [9.17, 15) is 0 Å². The van der Waals surface area contributed by atoms with E-state index in [-0.39, 0.29) is 0 Å². The van der Waals surface area contributed by atoms with Crippen molar-refractivity contribution < 1.29 is 4.74 Å². The zero-order valence-corrected chi connectivity index (χ0v) is 10.3. The molecule has 0 N–H and O–H groups in total. The highest BCUT2D eigenvalue weighted by Crippen LogP contribution is 2.30. The summed E-state index contributed by atoms with van der Waals surface area (Å²) in [5.74, 6) is 1.84. The van der Waals surface area contributed by atoms with Crippen molar-refractivity contribution in [3.8, 4) is 5.75 Å². The molecule has 0 bridgehead atoms. The number of nitrogens with zero attached hydrogens (tertiary/aromatic N) is 3. The van der Waals surface area contributed by atoms with Gasteiger partial charge in [0.05, 0.1) is 19.4 Å². The summed E-state index contributed by atoms with van der Waals surface area (Å²) in [6, 6.07) is 8.58. The molecule has 1 aromatic rings. The quantitative estimate of drug-likeness (QED) is 0.797. The summed E-state index contributed by atoms with van der Waals surface area (Å²) in [4.78, 5) is 10.8. The van der Waals surface area contributed by atoms with Gasteiger partial charge in [-0.2, -0.15) is 0 Å². The lowest BCUT2D eigenvalue weighted by molar-refractivity contribution is 0.373. The van der Waals surface area contributed by atoms with Crippen molar-refractivity contribution in [3.63, 3.8) is 0 Å². The maximum absolute atomic E-state index is 5.19. The van der Waals surface area contributed by atoms with Gasteiger partial charge in [-0.1, -0.05) is 12.1 Å². The molecule has 0 aliphatic carbocycles. The molecule has 0 aromatic heterocycles. The molecule has 92 valence electrons. The summed E-state index contributed by atoms with van der Waals surface area (Å²) in [7, 11) is 1.68. The Balaban J connectivity index is 1.89. The molecule has 1 atom stereocenters. The summed E-state index contributed by atoms with van der Waals surface area (Å²) < 4.78 is 5.19. The van der Waals surface area contributed by atoms with Crippen molar-refractivity contribution in [1.29, 1.82) is 0 Å². The summed E-state index contributed by atoms with van der Waals surface area (Å²) >= 11 is 0. The first-order valence-electron chi connectivity index (χ1n) is 6.05.